The standard InChI is InChI=1S/C31H46N6O3Si/c1-8-36(30(38)21(2)22-10-13-39-14-11-22)23-17-25-28(32-19-23)34-29(33-25)27-24-9-12-31(3,4)18-26(24)37(35-27)20-40-15-16-41(5,6)7/h17,19,22H,2,8-16,18,20H2,1,3-7H3,(H,32,33,34). The lowest BCUT2D eigenvalue weighted by molar-refractivity contribution is -0.115. The van der Waals surface area contributed by atoms with Crippen LogP contribution in [0.4, 0.5) is 5.69 Å². The van der Waals surface area contributed by atoms with Gasteiger partial charge in [0.1, 0.15) is 12.4 Å². The number of likely N-dealkylation sites (N-methyl/N-ethyl adjacent to an activating group) is 1. The normalized spacial score (nSPS) is 17.5. The van der Waals surface area contributed by atoms with Crippen LogP contribution in [0.5, 0.6) is 0 Å². The van der Waals surface area contributed by atoms with Gasteiger partial charge < -0.3 is 19.4 Å². The van der Waals surface area contributed by atoms with Gasteiger partial charge in [-0.1, -0.05) is 40.1 Å². The molecular formula is C31H46N6O3Si. The predicted molar refractivity (Wildman–Crippen MR) is 166 cm³/mol. The first-order chi connectivity index (χ1) is 19.5. The number of nitrogens with zero attached hydrogens (tertiary/aromatic N) is 5. The van der Waals surface area contributed by atoms with Crippen molar-refractivity contribution in [2.45, 2.75) is 85.3 Å². The summed E-state index contributed by atoms with van der Waals surface area (Å²) in [5.74, 6) is 0.818. The van der Waals surface area contributed by atoms with E-state index in [1.165, 1.54) is 11.3 Å². The number of ether oxygens (including phenoxy) is 2. The maximum absolute atomic E-state index is 13.4. The Morgan fingerprint density at radius 2 is 2.05 bits per heavy atom. The smallest absolute Gasteiger partial charge is 0.253 e. The van der Waals surface area contributed by atoms with Crippen LogP contribution in [0.15, 0.2) is 24.4 Å². The monoisotopic (exact) mass is 578 g/mol. The molecule has 3 aromatic rings. The number of rotatable bonds is 10. The molecule has 41 heavy (non-hydrogen) atoms. The zero-order valence-electron chi connectivity index (χ0n) is 25.7. The number of imidazole rings is 1. The van der Waals surface area contributed by atoms with Crippen LogP contribution in [0.25, 0.3) is 22.7 Å². The fraction of sp³-hybridized carbons (Fsp3) is 0.613. The lowest BCUT2D eigenvalue weighted by Gasteiger charge is -2.30. The molecule has 1 amide bonds. The molecule has 5 rings (SSSR count). The first kappa shape index (κ1) is 29.7. The Balaban J connectivity index is 1.41. The van der Waals surface area contributed by atoms with E-state index < -0.39 is 8.07 Å². The number of aromatic amines is 1. The van der Waals surface area contributed by atoms with Crippen molar-refractivity contribution in [3.05, 3.63) is 35.7 Å². The highest BCUT2D eigenvalue weighted by molar-refractivity contribution is 6.76. The Kier molecular flexibility index (Phi) is 8.55. The summed E-state index contributed by atoms with van der Waals surface area (Å²) in [6.45, 7) is 21.0. The van der Waals surface area contributed by atoms with Crippen molar-refractivity contribution in [3.8, 4) is 11.5 Å². The molecule has 0 spiro atoms. The van der Waals surface area contributed by atoms with Gasteiger partial charge >= 0.3 is 0 Å². The van der Waals surface area contributed by atoms with Crippen LogP contribution in [0.3, 0.4) is 0 Å². The molecule has 0 radical (unpaired) electrons. The third-order valence-electron chi connectivity index (χ3n) is 8.48. The van der Waals surface area contributed by atoms with E-state index >= 15 is 0 Å². The lowest BCUT2D eigenvalue weighted by Crippen LogP contribution is -2.35. The second kappa shape index (κ2) is 11.8. The van der Waals surface area contributed by atoms with E-state index in [-0.39, 0.29) is 17.2 Å². The first-order valence-electron chi connectivity index (χ1n) is 15.1. The fourth-order valence-corrected chi connectivity index (χ4v) is 6.57. The van der Waals surface area contributed by atoms with Crippen LogP contribution in [-0.2, 0) is 33.8 Å². The third-order valence-corrected chi connectivity index (χ3v) is 10.2. The maximum Gasteiger partial charge on any atom is 0.253 e. The molecule has 2 aliphatic rings. The highest BCUT2D eigenvalue weighted by Gasteiger charge is 2.32. The maximum atomic E-state index is 13.4. The molecule has 0 aromatic carbocycles. The van der Waals surface area contributed by atoms with Crippen molar-refractivity contribution in [2.75, 3.05) is 31.3 Å². The second-order valence-electron chi connectivity index (χ2n) is 13.6. The van der Waals surface area contributed by atoms with Crippen molar-refractivity contribution in [2.24, 2.45) is 11.3 Å². The number of amides is 1. The number of pyridine rings is 1. The minimum Gasteiger partial charge on any atom is -0.381 e. The Bertz CT molecular complexity index is 1410. The molecule has 1 fully saturated rings. The van der Waals surface area contributed by atoms with Gasteiger partial charge in [0.2, 0.25) is 0 Å². The number of aromatic nitrogens is 5. The molecule has 0 unspecified atom stereocenters. The van der Waals surface area contributed by atoms with Crippen LogP contribution < -0.4 is 4.90 Å². The molecule has 222 valence electrons. The highest BCUT2D eigenvalue weighted by atomic mass is 28.3. The first-order valence-corrected chi connectivity index (χ1v) is 18.8. The number of anilines is 1. The number of nitrogens with one attached hydrogen (secondary N) is 1. The van der Waals surface area contributed by atoms with Crippen molar-refractivity contribution in [1.29, 1.82) is 0 Å². The van der Waals surface area contributed by atoms with Gasteiger partial charge in [-0.25, -0.2) is 14.6 Å². The van der Waals surface area contributed by atoms with Crippen molar-refractivity contribution in [3.63, 3.8) is 0 Å². The van der Waals surface area contributed by atoms with Gasteiger partial charge in [-0.2, -0.15) is 5.10 Å². The predicted octanol–water partition coefficient (Wildman–Crippen LogP) is 5.98. The van der Waals surface area contributed by atoms with Gasteiger partial charge in [-0.05, 0) is 62.5 Å². The minimum atomic E-state index is -1.16. The number of hydrogen-bond acceptors (Lipinski definition) is 6. The number of H-pyrrole nitrogens is 1. The van der Waals surface area contributed by atoms with Gasteiger partial charge in [-0.15, -0.1) is 0 Å². The highest BCUT2D eigenvalue weighted by Crippen LogP contribution is 2.39. The third kappa shape index (κ3) is 6.65. The Hall–Kier alpha value is -2.82. The molecule has 1 N–H and O–H groups in total. The van der Waals surface area contributed by atoms with E-state index in [9.17, 15) is 4.79 Å². The summed E-state index contributed by atoms with van der Waals surface area (Å²) in [6, 6.07) is 3.09. The largest absolute Gasteiger partial charge is 0.381 e. The SMILES string of the molecule is C=C(C(=O)N(CC)c1cnc2nc(-c3nn(COCC[Si](C)(C)C)c4c3CCC(C)(C)C4)[nH]c2c1)C1CCOCC1. The fourth-order valence-electron chi connectivity index (χ4n) is 5.81. The van der Waals surface area contributed by atoms with Crippen molar-refractivity contribution >= 4 is 30.8 Å². The number of carbonyl (C=O) groups is 1. The van der Waals surface area contributed by atoms with Gasteiger partial charge in [0.05, 0.1) is 17.4 Å². The van der Waals surface area contributed by atoms with Crippen LogP contribution >= 0.6 is 0 Å². The summed E-state index contributed by atoms with van der Waals surface area (Å²) in [5.41, 5.74) is 6.36. The van der Waals surface area contributed by atoms with Crippen LogP contribution in [-0.4, -0.2) is 65.1 Å². The van der Waals surface area contributed by atoms with Crippen molar-refractivity contribution in [1.82, 2.24) is 24.7 Å². The number of hydrogen-bond donors (Lipinski definition) is 1. The molecule has 4 heterocycles. The second-order valence-corrected chi connectivity index (χ2v) is 19.2. The van der Waals surface area contributed by atoms with Crippen LogP contribution in [0.1, 0.15) is 51.3 Å². The molecule has 1 aliphatic carbocycles. The molecule has 9 nitrogen and oxygen atoms in total. The topological polar surface area (TPSA) is 98.2 Å². The Morgan fingerprint density at radius 3 is 2.76 bits per heavy atom. The molecule has 0 saturated carbocycles. The Labute approximate surface area is 244 Å². The van der Waals surface area contributed by atoms with E-state index in [4.69, 9.17) is 19.6 Å². The summed E-state index contributed by atoms with van der Waals surface area (Å²) in [4.78, 5) is 28.1. The molecule has 0 bridgehead atoms. The summed E-state index contributed by atoms with van der Waals surface area (Å²) in [5, 5.41) is 5.03. The molecule has 3 aromatic heterocycles. The zero-order valence-corrected chi connectivity index (χ0v) is 26.7. The van der Waals surface area contributed by atoms with E-state index in [2.05, 4.69) is 50.0 Å². The molecule has 1 aliphatic heterocycles. The summed E-state index contributed by atoms with van der Waals surface area (Å²) >= 11 is 0. The van der Waals surface area contributed by atoms with Crippen LogP contribution in [0, 0.1) is 11.3 Å². The average molecular weight is 579 g/mol. The van der Waals surface area contributed by atoms with E-state index in [1.54, 1.807) is 11.1 Å². The van der Waals surface area contributed by atoms with Crippen molar-refractivity contribution < 1.29 is 14.3 Å². The summed E-state index contributed by atoms with van der Waals surface area (Å²) in [6.07, 6.45) is 6.41. The number of fused-ring (bicyclic) bond motifs is 2. The summed E-state index contributed by atoms with van der Waals surface area (Å²) < 4.78 is 13.6. The lowest BCUT2D eigenvalue weighted by atomic mass is 9.76. The van der Waals surface area contributed by atoms with Gasteiger partial charge in [0, 0.05) is 51.3 Å². The molecule has 0 atom stereocenters. The van der Waals surface area contributed by atoms with Gasteiger partial charge in [0.15, 0.2) is 11.5 Å². The summed E-state index contributed by atoms with van der Waals surface area (Å²) in [7, 11) is -1.16. The van der Waals surface area contributed by atoms with Crippen LogP contribution in [0.2, 0.25) is 25.7 Å². The molecule has 10 heteroatoms. The minimum absolute atomic E-state index is 0.0511. The van der Waals surface area contributed by atoms with Gasteiger partial charge in [-0.3, -0.25) is 4.79 Å². The average Bonchev–Trinajstić information content (AvgIpc) is 3.51. The molecule has 1 saturated heterocycles. The zero-order chi connectivity index (χ0) is 29.4. The van der Waals surface area contributed by atoms with E-state index in [1.807, 2.05) is 17.7 Å². The van der Waals surface area contributed by atoms with E-state index in [0.717, 1.165) is 61.7 Å². The van der Waals surface area contributed by atoms with E-state index in [0.29, 0.717) is 43.5 Å². The number of carbonyl (C=O) groups excluding carboxylic acids is 1. The molecular weight excluding hydrogens is 532 g/mol. The van der Waals surface area contributed by atoms with Gasteiger partial charge in [0.25, 0.3) is 5.91 Å². The Morgan fingerprint density at radius 1 is 1.29 bits per heavy atom. The quantitative estimate of drug-likeness (QED) is 0.180.